The summed E-state index contributed by atoms with van der Waals surface area (Å²) in [5, 5.41) is 30.0. The fraction of sp³-hybridized carbons (Fsp3) is 0.958. The van der Waals surface area contributed by atoms with E-state index in [0.29, 0.717) is 18.8 Å². The summed E-state index contributed by atoms with van der Waals surface area (Å²) in [5.74, 6) is -5.54. The predicted octanol–water partition coefficient (Wildman–Crippen LogP) is 5.07. The van der Waals surface area contributed by atoms with E-state index in [4.69, 9.17) is 5.11 Å². The van der Waals surface area contributed by atoms with Gasteiger partial charge >= 0.3 is 5.97 Å². The van der Waals surface area contributed by atoms with Crippen molar-refractivity contribution in [3.63, 3.8) is 0 Å². The number of aliphatic hydroxyl groups is 2. The maximum absolute atomic E-state index is 15.9. The van der Waals surface area contributed by atoms with Gasteiger partial charge in [0.1, 0.15) is 0 Å². The van der Waals surface area contributed by atoms with Crippen LogP contribution >= 0.6 is 0 Å². The molecular weight excluding hydrogens is 390 g/mol. The highest BCUT2D eigenvalue weighted by Crippen LogP contribution is 2.71. The first-order valence-electron chi connectivity index (χ1n) is 11.8. The quantitative estimate of drug-likeness (QED) is 0.584. The number of carboxylic acids is 1. The number of aliphatic carboxylic acids is 1. The average molecular weight is 429 g/mol. The number of carbonyl (C=O) groups is 1. The number of alkyl halides is 2. The summed E-state index contributed by atoms with van der Waals surface area (Å²) >= 11 is 0. The Balaban J connectivity index is 1.61. The van der Waals surface area contributed by atoms with E-state index in [1.807, 2.05) is 0 Å². The molecule has 30 heavy (non-hydrogen) atoms. The van der Waals surface area contributed by atoms with Crippen molar-refractivity contribution in [2.75, 3.05) is 0 Å². The van der Waals surface area contributed by atoms with Gasteiger partial charge in [-0.15, -0.1) is 0 Å². The molecule has 172 valence electrons. The number of halogens is 2. The molecule has 0 aromatic heterocycles. The van der Waals surface area contributed by atoms with Crippen molar-refractivity contribution in [3.05, 3.63) is 0 Å². The van der Waals surface area contributed by atoms with Crippen molar-refractivity contribution < 1.29 is 28.9 Å². The molecule has 10 atom stereocenters. The van der Waals surface area contributed by atoms with Gasteiger partial charge in [-0.1, -0.05) is 20.8 Å². The van der Waals surface area contributed by atoms with E-state index in [9.17, 15) is 19.4 Å². The van der Waals surface area contributed by atoms with E-state index < -0.39 is 23.6 Å². The number of rotatable bonds is 4. The van der Waals surface area contributed by atoms with Crippen molar-refractivity contribution in [1.82, 2.24) is 0 Å². The fourth-order valence-electron chi connectivity index (χ4n) is 8.68. The summed E-state index contributed by atoms with van der Waals surface area (Å²) in [6.45, 7) is 6.48. The summed E-state index contributed by atoms with van der Waals surface area (Å²) < 4.78 is 30.2. The third-order valence-electron chi connectivity index (χ3n) is 10.3. The van der Waals surface area contributed by atoms with Crippen molar-refractivity contribution in [3.8, 4) is 0 Å². The molecule has 0 aliphatic heterocycles. The topological polar surface area (TPSA) is 77.8 Å². The molecule has 4 aliphatic carbocycles. The van der Waals surface area contributed by atoms with Crippen LogP contribution in [0.25, 0.3) is 0 Å². The molecule has 6 heteroatoms. The zero-order valence-corrected chi connectivity index (χ0v) is 18.5. The molecule has 0 aromatic rings. The second-order valence-electron chi connectivity index (χ2n) is 11.7. The van der Waals surface area contributed by atoms with Crippen LogP contribution in [0.4, 0.5) is 8.78 Å². The summed E-state index contributed by atoms with van der Waals surface area (Å²) in [6, 6.07) is 0. The Bertz CT molecular complexity index is 695. The lowest BCUT2D eigenvalue weighted by molar-refractivity contribution is -0.284. The molecule has 4 saturated carbocycles. The molecule has 0 bridgehead atoms. The minimum absolute atomic E-state index is 0.00602. The summed E-state index contributed by atoms with van der Waals surface area (Å²) in [4.78, 5) is 11.0. The largest absolute Gasteiger partial charge is 0.481 e. The van der Waals surface area contributed by atoms with Gasteiger partial charge in [0.2, 0.25) is 11.7 Å². The van der Waals surface area contributed by atoms with Crippen LogP contribution in [0.2, 0.25) is 0 Å². The van der Waals surface area contributed by atoms with Gasteiger partial charge in [0.05, 0.1) is 0 Å². The Morgan fingerprint density at radius 3 is 2.33 bits per heavy atom. The number of fused-ring (bicyclic) bond motifs is 5. The molecule has 4 nitrogen and oxygen atoms in total. The molecule has 4 rings (SSSR count). The zero-order chi connectivity index (χ0) is 22.1. The molecule has 0 heterocycles. The zero-order valence-electron chi connectivity index (χ0n) is 18.5. The van der Waals surface area contributed by atoms with Crippen molar-refractivity contribution >= 4 is 5.97 Å². The maximum atomic E-state index is 15.9. The molecule has 3 N–H and O–H groups in total. The molecule has 0 amide bonds. The van der Waals surface area contributed by atoms with Crippen LogP contribution in [0.15, 0.2) is 0 Å². The van der Waals surface area contributed by atoms with Gasteiger partial charge in [0.25, 0.3) is 0 Å². The maximum Gasteiger partial charge on any atom is 0.303 e. The smallest absolute Gasteiger partial charge is 0.303 e. The monoisotopic (exact) mass is 428 g/mol. The summed E-state index contributed by atoms with van der Waals surface area (Å²) in [6.07, 6.45) is 4.79. The lowest BCUT2D eigenvalue weighted by Gasteiger charge is -2.63. The molecular formula is C24H38F2O4. The first kappa shape index (κ1) is 22.4. The van der Waals surface area contributed by atoms with E-state index in [2.05, 4.69) is 20.8 Å². The predicted molar refractivity (Wildman–Crippen MR) is 109 cm³/mol. The summed E-state index contributed by atoms with van der Waals surface area (Å²) in [7, 11) is 0. The third kappa shape index (κ3) is 3.41. The van der Waals surface area contributed by atoms with E-state index in [1.165, 1.54) is 0 Å². The molecule has 4 fully saturated rings. The number of hydrogen-bond acceptors (Lipinski definition) is 3. The van der Waals surface area contributed by atoms with Gasteiger partial charge in [-0.2, -0.15) is 0 Å². The van der Waals surface area contributed by atoms with E-state index >= 15 is 4.39 Å². The molecule has 4 aliphatic rings. The van der Waals surface area contributed by atoms with Gasteiger partial charge < -0.3 is 15.3 Å². The first-order valence-corrected chi connectivity index (χ1v) is 11.8. The second kappa shape index (κ2) is 7.13. The fourth-order valence-corrected chi connectivity index (χ4v) is 8.68. The van der Waals surface area contributed by atoms with Gasteiger partial charge in [-0.05, 0) is 78.9 Å². The average Bonchev–Trinajstić information content (AvgIpc) is 2.98. The first-order chi connectivity index (χ1) is 13.8. The van der Waals surface area contributed by atoms with Crippen LogP contribution in [0, 0.1) is 46.3 Å². The lowest BCUT2D eigenvalue weighted by atomic mass is 9.43. The normalized spacial score (nSPS) is 54.0. The highest BCUT2D eigenvalue weighted by Gasteiger charge is 2.68. The van der Waals surface area contributed by atoms with Crippen LogP contribution in [-0.4, -0.2) is 33.0 Å². The second-order valence-corrected chi connectivity index (χ2v) is 11.7. The number of carboxylic acid groups (broad SMARTS) is 1. The van der Waals surface area contributed by atoms with Gasteiger partial charge in [0.15, 0.2) is 0 Å². The van der Waals surface area contributed by atoms with E-state index in [-0.39, 0.29) is 60.2 Å². The Kier molecular flexibility index (Phi) is 5.33. The van der Waals surface area contributed by atoms with Crippen LogP contribution in [0.1, 0.15) is 85.0 Å². The lowest BCUT2D eigenvalue weighted by Crippen LogP contribution is -2.63. The van der Waals surface area contributed by atoms with Crippen LogP contribution < -0.4 is 0 Å². The van der Waals surface area contributed by atoms with Crippen LogP contribution in [0.5, 0.6) is 0 Å². The molecule has 0 aromatic carbocycles. The van der Waals surface area contributed by atoms with E-state index in [0.717, 1.165) is 25.7 Å². The van der Waals surface area contributed by atoms with Crippen LogP contribution in [0.3, 0.4) is 0 Å². The highest BCUT2D eigenvalue weighted by molar-refractivity contribution is 5.66. The molecule has 0 spiro atoms. The number of hydrogen-bond donors (Lipinski definition) is 3. The minimum atomic E-state index is -2.34. The van der Waals surface area contributed by atoms with Gasteiger partial charge in [-0.3, -0.25) is 4.79 Å². The Hall–Kier alpha value is -0.750. The Labute approximate surface area is 178 Å². The Morgan fingerprint density at radius 2 is 1.67 bits per heavy atom. The van der Waals surface area contributed by atoms with Crippen molar-refractivity contribution in [1.29, 1.82) is 0 Å². The minimum Gasteiger partial charge on any atom is -0.481 e. The highest BCUT2D eigenvalue weighted by atomic mass is 19.2. The van der Waals surface area contributed by atoms with Crippen LogP contribution in [-0.2, 0) is 4.79 Å². The van der Waals surface area contributed by atoms with E-state index in [1.54, 1.807) is 0 Å². The Morgan fingerprint density at radius 1 is 1.00 bits per heavy atom. The molecule has 0 saturated heterocycles. The van der Waals surface area contributed by atoms with Gasteiger partial charge in [-0.25, -0.2) is 8.78 Å². The van der Waals surface area contributed by atoms with Crippen molar-refractivity contribution in [2.24, 2.45) is 46.3 Å². The van der Waals surface area contributed by atoms with Crippen molar-refractivity contribution in [2.45, 2.75) is 96.7 Å². The van der Waals surface area contributed by atoms with Gasteiger partial charge in [0, 0.05) is 31.6 Å². The molecule has 0 radical (unpaired) electrons. The molecule has 10 unspecified atom stereocenters. The summed E-state index contributed by atoms with van der Waals surface area (Å²) in [5.41, 5.74) is -0.354. The SMILES string of the molecule is CC(CCC(=O)O)C1CCC2C3C(CCC12C)C1(C)CCC(O)(F)CC1CC3(O)F. The third-order valence-corrected chi connectivity index (χ3v) is 10.3. The standard InChI is InChI=1S/C24H38F2O4/c1-14(4-7-19(27)28)16-5-6-17-20-18(8-9-22(16,17)3)21(2)10-11-23(25,29)12-15(21)13-24(20,26)30/h14-18,20,29-30H,4-13H2,1-3H3,(H,27,28).